The Morgan fingerprint density at radius 1 is 1.05 bits per heavy atom. The molecule has 0 saturated heterocycles. The predicted molar refractivity (Wildman–Crippen MR) is 83.9 cm³/mol. The van der Waals surface area contributed by atoms with Gasteiger partial charge in [-0.3, -0.25) is 4.68 Å². The van der Waals surface area contributed by atoms with Crippen LogP contribution < -0.4 is 5.32 Å². The first-order valence-corrected chi connectivity index (χ1v) is 7.00. The van der Waals surface area contributed by atoms with Gasteiger partial charge >= 0.3 is 0 Å². The van der Waals surface area contributed by atoms with E-state index in [1.807, 2.05) is 11.7 Å². The summed E-state index contributed by atoms with van der Waals surface area (Å²) in [6, 6.07) is 17.0. The van der Waals surface area contributed by atoms with E-state index < -0.39 is 0 Å². The molecule has 0 spiro atoms. The van der Waals surface area contributed by atoms with Crippen LogP contribution >= 0.6 is 0 Å². The van der Waals surface area contributed by atoms with Crippen LogP contribution in [-0.2, 0) is 20.0 Å². The zero-order chi connectivity index (χ0) is 13.9. The number of benzene rings is 2. The Kier molecular flexibility index (Phi) is 3.42. The van der Waals surface area contributed by atoms with Gasteiger partial charge in [-0.1, -0.05) is 37.3 Å². The highest BCUT2D eigenvalue weighted by Crippen LogP contribution is 2.19. The van der Waals surface area contributed by atoms with E-state index in [2.05, 4.69) is 65.9 Å². The second-order valence-electron chi connectivity index (χ2n) is 5.02. The predicted octanol–water partition coefficient (Wildman–Crippen LogP) is 3.75. The normalized spacial score (nSPS) is 10.9. The number of aryl methyl sites for hydroxylation is 2. The van der Waals surface area contributed by atoms with Crippen molar-refractivity contribution in [1.29, 1.82) is 0 Å². The summed E-state index contributed by atoms with van der Waals surface area (Å²) in [6.45, 7) is 2.92. The molecule has 3 heteroatoms. The van der Waals surface area contributed by atoms with Crippen LogP contribution in [0.25, 0.3) is 10.8 Å². The molecule has 1 aromatic heterocycles. The van der Waals surface area contributed by atoms with Gasteiger partial charge in [0, 0.05) is 12.7 Å². The molecule has 0 radical (unpaired) electrons. The molecule has 0 saturated carbocycles. The van der Waals surface area contributed by atoms with Gasteiger partial charge in [0.2, 0.25) is 0 Å². The lowest BCUT2D eigenvalue weighted by Crippen LogP contribution is -2.05. The Labute approximate surface area is 119 Å². The number of aromatic nitrogens is 2. The van der Waals surface area contributed by atoms with Crippen molar-refractivity contribution < 1.29 is 0 Å². The van der Waals surface area contributed by atoms with Crippen molar-refractivity contribution in [3.63, 3.8) is 0 Å². The fraction of sp³-hybridized carbons (Fsp3) is 0.235. The Balaban J connectivity index is 1.77. The van der Waals surface area contributed by atoms with Crippen molar-refractivity contribution in [2.24, 2.45) is 7.05 Å². The molecular formula is C17H19N3. The highest BCUT2D eigenvalue weighted by Gasteiger charge is 2.03. The summed E-state index contributed by atoms with van der Waals surface area (Å²) < 4.78 is 1.95. The third-order valence-corrected chi connectivity index (χ3v) is 3.61. The van der Waals surface area contributed by atoms with Gasteiger partial charge in [0.15, 0.2) is 0 Å². The van der Waals surface area contributed by atoms with Gasteiger partial charge in [-0.05, 0) is 35.4 Å². The molecule has 0 atom stereocenters. The summed E-state index contributed by atoms with van der Waals surface area (Å²) >= 11 is 0. The smallest absolute Gasteiger partial charge is 0.0625 e. The van der Waals surface area contributed by atoms with Crippen molar-refractivity contribution in [3.8, 4) is 0 Å². The summed E-state index contributed by atoms with van der Waals surface area (Å²) in [5.74, 6) is 0. The van der Waals surface area contributed by atoms with Crippen molar-refractivity contribution in [1.82, 2.24) is 9.78 Å². The summed E-state index contributed by atoms with van der Waals surface area (Å²) in [6.07, 6.45) is 0.976. The van der Waals surface area contributed by atoms with E-state index in [0.717, 1.165) is 24.3 Å². The molecule has 0 unspecified atom stereocenters. The van der Waals surface area contributed by atoms with Crippen LogP contribution in [0.1, 0.15) is 18.3 Å². The van der Waals surface area contributed by atoms with Crippen LogP contribution in [0.3, 0.4) is 0 Å². The minimum Gasteiger partial charge on any atom is -0.379 e. The highest BCUT2D eigenvalue weighted by atomic mass is 15.3. The van der Waals surface area contributed by atoms with Gasteiger partial charge in [-0.2, -0.15) is 5.10 Å². The minimum atomic E-state index is 0.793. The number of anilines is 1. The highest BCUT2D eigenvalue weighted by molar-refractivity contribution is 5.85. The number of hydrogen-bond donors (Lipinski definition) is 1. The van der Waals surface area contributed by atoms with Gasteiger partial charge in [0.1, 0.15) is 0 Å². The molecule has 3 aromatic rings. The summed E-state index contributed by atoms with van der Waals surface area (Å²) in [7, 11) is 2.00. The van der Waals surface area contributed by atoms with E-state index in [9.17, 15) is 0 Å². The Hall–Kier alpha value is -2.29. The standard InChI is InChI=1S/C17H19N3/c1-3-15-11-17(20(2)19-15)12-18-16-9-8-13-6-4-5-7-14(13)10-16/h4-11,18H,3,12H2,1-2H3. The number of rotatable bonds is 4. The van der Waals surface area contributed by atoms with Crippen molar-refractivity contribution in [2.45, 2.75) is 19.9 Å². The molecule has 0 aliphatic rings. The fourth-order valence-corrected chi connectivity index (χ4v) is 2.40. The summed E-state index contributed by atoms with van der Waals surface area (Å²) in [5, 5.41) is 10.5. The monoisotopic (exact) mass is 265 g/mol. The molecule has 3 rings (SSSR count). The first kappa shape index (κ1) is 12.7. The van der Waals surface area contributed by atoms with Crippen LogP contribution in [0.15, 0.2) is 48.5 Å². The largest absolute Gasteiger partial charge is 0.379 e. The number of fused-ring (bicyclic) bond motifs is 1. The van der Waals surface area contributed by atoms with E-state index in [0.29, 0.717) is 0 Å². The molecular weight excluding hydrogens is 246 g/mol. The second-order valence-corrected chi connectivity index (χ2v) is 5.02. The van der Waals surface area contributed by atoms with Crippen LogP contribution in [-0.4, -0.2) is 9.78 Å². The van der Waals surface area contributed by atoms with Crippen LogP contribution in [0.2, 0.25) is 0 Å². The van der Waals surface area contributed by atoms with Crippen molar-refractivity contribution in [3.05, 3.63) is 59.9 Å². The molecule has 0 bridgehead atoms. The van der Waals surface area contributed by atoms with E-state index in [-0.39, 0.29) is 0 Å². The average molecular weight is 265 g/mol. The minimum absolute atomic E-state index is 0.793. The van der Waals surface area contributed by atoms with Crippen LogP contribution in [0.4, 0.5) is 5.69 Å². The maximum Gasteiger partial charge on any atom is 0.0625 e. The number of nitrogens with one attached hydrogen (secondary N) is 1. The maximum absolute atomic E-state index is 4.47. The topological polar surface area (TPSA) is 29.9 Å². The van der Waals surface area contributed by atoms with Crippen molar-refractivity contribution >= 4 is 16.5 Å². The first-order valence-electron chi connectivity index (χ1n) is 7.00. The van der Waals surface area contributed by atoms with E-state index >= 15 is 0 Å². The van der Waals surface area contributed by atoms with Gasteiger partial charge in [0.05, 0.1) is 17.9 Å². The average Bonchev–Trinajstić information content (AvgIpc) is 2.85. The summed E-state index contributed by atoms with van der Waals surface area (Å²) in [5.41, 5.74) is 3.49. The van der Waals surface area contributed by atoms with E-state index in [4.69, 9.17) is 0 Å². The molecule has 3 nitrogen and oxygen atoms in total. The quantitative estimate of drug-likeness (QED) is 0.778. The fourth-order valence-electron chi connectivity index (χ4n) is 2.40. The number of hydrogen-bond acceptors (Lipinski definition) is 2. The van der Waals surface area contributed by atoms with Gasteiger partial charge < -0.3 is 5.32 Å². The van der Waals surface area contributed by atoms with Gasteiger partial charge in [0.25, 0.3) is 0 Å². The second kappa shape index (κ2) is 5.37. The SMILES string of the molecule is CCc1cc(CNc2ccc3ccccc3c2)n(C)n1. The van der Waals surface area contributed by atoms with Gasteiger partial charge in [-0.15, -0.1) is 0 Å². The van der Waals surface area contributed by atoms with E-state index in [1.165, 1.54) is 16.5 Å². The zero-order valence-corrected chi connectivity index (χ0v) is 11.9. The first-order chi connectivity index (χ1) is 9.76. The molecule has 0 amide bonds. The molecule has 20 heavy (non-hydrogen) atoms. The van der Waals surface area contributed by atoms with Gasteiger partial charge in [-0.25, -0.2) is 0 Å². The summed E-state index contributed by atoms with van der Waals surface area (Å²) in [4.78, 5) is 0. The molecule has 102 valence electrons. The Bertz CT molecular complexity index is 728. The van der Waals surface area contributed by atoms with E-state index in [1.54, 1.807) is 0 Å². The number of nitrogens with zero attached hydrogens (tertiary/aromatic N) is 2. The third kappa shape index (κ3) is 2.52. The lowest BCUT2D eigenvalue weighted by atomic mass is 10.1. The Morgan fingerprint density at radius 2 is 1.85 bits per heavy atom. The molecule has 0 fully saturated rings. The zero-order valence-electron chi connectivity index (χ0n) is 11.9. The lowest BCUT2D eigenvalue weighted by molar-refractivity contribution is 0.707. The third-order valence-electron chi connectivity index (χ3n) is 3.61. The van der Waals surface area contributed by atoms with Crippen LogP contribution in [0.5, 0.6) is 0 Å². The molecule has 1 heterocycles. The van der Waals surface area contributed by atoms with Crippen LogP contribution in [0, 0.1) is 0 Å². The lowest BCUT2D eigenvalue weighted by Gasteiger charge is -2.07. The maximum atomic E-state index is 4.47. The molecule has 2 aromatic carbocycles. The molecule has 0 aliphatic heterocycles. The molecule has 1 N–H and O–H groups in total. The Morgan fingerprint density at radius 3 is 2.60 bits per heavy atom. The molecule has 0 aliphatic carbocycles. The van der Waals surface area contributed by atoms with Crippen molar-refractivity contribution in [2.75, 3.05) is 5.32 Å².